The number of amides is 1. The molecule has 0 aliphatic carbocycles. The number of hydrogen-bond acceptors (Lipinski definition) is 3. The average molecular weight is 243 g/mol. The van der Waals surface area contributed by atoms with Gasteiger partial charge in [0.15, 0.2) is 0 Å². The molecule has 0 radical (unpaired) electrons. The standard InChI is InChI=1S/C12H21NO4/c1-3-4-9(7-11(14)15)13-12(16)10-6-5-8(2)17-10/h8-10H,3-7H2,1-2H3,(H,13,16)(H,14,15). The minimum absolute atomic E-state index is 0.0259. The lowest BCUT2D eigenvalue weighted by Gasteiger charge is -2.19. The first-order valence-corrected chi connectivity index (χ1v) is 6.20. The van der Waals surface area contributed by atoms with E-state index in [1.165, 1.54) is 0 Å². The molecule has 1 aliphatic rings. The van der Waals surface area contributed by atoms with Gasteiger partial charge in [0.05, 0.1) is 12.5 Å². The van der Waals surface area contributed by atoms with Gasteiger partial charge in [0.25, 0.3) is 0 Å². The molecular formula is C12H21NO4. The van der Waals surface area contributed by atoms with E-state index in [9.17, 15) is 9.59 Å². The lowest BCUT2D eigenvalue weighted by atomic mass is 10.1. The zero-order valence-electron chi connectivity index (χ0n) is 10.4. The van der Waals surface area contributed by atoms with Gasteiger partial charge in [0.2, 0.25) is 5.91 Å². The quantitative estimate of drug-likeness (QED) is 0.737. The molecule has 1 heterocycles. The van der Waals surface area contributed by atoms with Crippen molar-refractivity contribution in [2.75, 3.05) is 0 Å². The molecule has 0 aromatic carbocycles. The van der Waals surface area contributed by atoms with Crippen molar-refractivity contribution in [2.45, 2.75) is 64.2 Å². The molecule has 1 amide bonds. The van der Waals surface area contributed by atoms with Gasteiger partial charge in [-0.05, 0) is 26.2 Å². The SMILES string of the molecule is CCCC(CC(=O)O)NC(=O)C1CCC(C)O1. The van der Waals surface area contributed by atoms with E-state index in [0.717, 1.165) is 19.3 Å². The molecule has 2 N–H and O–H groups in total. The van der Waals surface area contributed by atoms with Crippen LogP contribution in [0.15, 0.2) is 0 Å². The zero-order valence-corrected chi connectivity index (χ0v) is 10.4. The summed E-state index contributed by atoms with van der Waals surface area (Å²) in [5.74, 6) is -1.06. The predicted molar refractivity (Wildman–Crippen MR) is 62.7 cm³/mol. The smallest absolute Gasteiger partial charge is 0.305 e. The summed E-state index contributed by atoms with van der Waals surface area (Å²) in [7, 11) is 0. The molecule has 1 saturated heterocycles. The first-order chi connectivity index (χ1) is 8.02. The summed E-state index contributed by atoms with van der Waals surface area (Å²) in [6.07, 6.45) is 2.82. The second-order valence-electron chi connectivity index (χ2n) is 4.60. The van der Waals surface area contributed by atoms with Crippen LogP contribution in [-0.2, 0) is 14.3 Å². The maximum atomic E-state index is 11.8. The Kier molecular flexibility index (Phi) is 5.41. The van der Waals surface area contributed by atoms with Crippen molar-refractivity contribution in [1.29, 1.82) is 0 Å². The Labute approximate surface area is 102 Å². The summed E-state index contributed by atoms with van der Waals surface area (Å²) in [6, 6.07) is -0.287. The second-order valence-corrected chi connectivity index (χ2v) is 4.60. The maximum absolute atomic E-state index is 11.8. The Balaban J connectivity index is 2.42. The lowest BCUT2D eigenvalue weighted by Crippen LogP contribution is -2.42. The van der Waals surface area contributed by atoms with Gasteiger partial charge in [-0.1, -0.05) is 13.3 Å². The summed E-state index contributed by atoms with van der Waals surface area (Å²) in [6.45, 7) is 3.91. The van der Waals surface area contributed by atoms with Crippen LogP contribution < -0.4 is 5.32 Å². The van der Waals surface area contributed by atoms with E-state index < -0.39 is 12.1 Å². The van der Waals surface area contributed by atoms with Crippen molar-refractivity contribution < 1.29 is 19.4 Å². The van der Waals surface area contributed by atoms with Crippen LogP contribution in [0.3, 0.4) is 0 Å². The maximum Gasteiger partial charge on any atom is 0.305 e. The molecule has 3 unspecified atom stereocenters. The summed E-state index contributed by atoms with van der Waals surface area (Å²) >= 11 is 0. The van der Waals surface area contributed by atoms with E-state index in [4.69, 9.17) is 9.84 Å². The fourth-order valence-corrected chi connectivity index (χ4v) is 2.07. The van der Waals surface area contributed by atoms with Crippen molar-refractivity contribution in [2.24, 2.45) is 0 Å². The van der Waals surface area contributed by atoms with Crippen molar-refractivity contribution in [1.82, 2.24) is 5.32 Å². The molecule has 5 nitrogen and oxygen atoms in total. The van der Waals surface area contributed by atoms with E-state index in [-0.39, 0.29) is 24.5 Å². The highest BCUT2D eigenvalue weighted by Crippen LogP contribution is 2.19. The summed E-state index contributed by atoms with van der Waals surface area (Å²) in [4.78, 5) is 22.5. The van der Waals surface area contributed by atoms with Crippen LogP contribution in [0.1, 0.15) is 46.0 Å². The third kappa shape index (κ3) is 4.73. The number of hydrogen-bond donors (Lipinski definition) is 2. The van der Waals surface area contributed by atoms with E-state index in [2.05, 4.69) is 5.32 Å². The summed E-state index contributed by atoms with van der Waals surface area (Å²) in [5.41, 5.74) is 0. The number of carboxylic acid groups (broad SMARTS) is 1. The van der Waals surface area contributed by atoms with Gasteiger partial charge in [-0.2, -0.15) is 0 Å². The predicted octanol–water partition coefficient (Wildman–Crippen LogP) is 1.31. The minimum atomic E-state index is -0.885. The van der Waals surface area contributed by atoms with Gasteiger partial charge in [-0.15, -0.1) is 0 Å². The second kappa shape index (κ2) is 6.59. The van der Waals surface area contributed by atoms with Crippen molar-refractivity contribution in [3.05, 3.63) is 0 Å². The summed E-state index contributed by atoms with van der Waals surface area (Å²) < 4.78 is 5.45. The number of carboxylic acids is 1. The topological polar surface area (TPSA) is 75.6 Å². The van der Waals surface area contributed by atoms with Crippen LogP contribution in [-0.4, -0.2) is 35.2 Å². The molecule has 1 fully saturated rings. The zero-order chi connectivity index (χ0) is 12.8. The molecule has 0 aromatic heterocycles. The first kappa shape index (κ1) is 14.0. The van der Waals surface area contributed by atoms with Crippen LogP contribution in [0, 0.1) is 0 Å². The largest absolute Gasteiger partial charge is 0.481 e. The fraction of sp³-hybridized carbons (Fsp3) is 0.833. The lowest BCUT2D eigenvalue weighted by molar-refractivity contribution is -0.138. The molecule has 0 spiro atoms. The van der Waals surface area contributed by atoms with E-state index in [1.807, 2.05) is 13.8 Å². The Bertz CT molecular complexity index is 280. The highest BCUT2D eigenvalue weighted by atomic mass is 16.5. The van der Waals surface area contributed by atoms with Gasteiger partial charge < -0.3 is 15.2 Å². The fourth-order valence-electron chi connectivity index (χ4n) is 2.07. The Morgan fingerprint density at radius 3 is 2.65 bits per heavy atom. The molecule has 0 saturated carbocycles. The minimum Gasteiger partial charge on any atom is -0.481 e. The van der Waals surface area contributed by atoms with Gasteiger partial charge in [-0.25, -0.2) is 0 Å². The third-order valence-corrected chi connectivity index (χ3v) is 2.93. The van der Waals surface area contributed by atoms with E-state index in [1.54, 1.807) is 0 Å². The third-order valence-electron chi connectivity index (χ3n) is 2.93. The molecule has 1 rings (SSSR count). The van der Waals surface area contributed by atoms with Gasteiger partial charge in [0, 0.05) is 6.04 Å². The van der Waals surface area contributed by atoms with Crippen LogP contribution in [0.5, 0.6) is 0 Å². The van der Waals surface area contributed by atoms with Crippen LogP contribution >= 0.6 is 0 Å². The molecule has 3 atom stereocenters. The average Bonchev–Trinajstić information content (AvgIpc) is 2.64. The normalized spacial score (nSPS) is 25.5. The molecule has 1 aliphatic heterocycles. The van der Waals surface area contributed by atoms with Crippen LogP contribution in [0.2, 0.25) is 0 Å². The Morgan fingerprint density at radius 1 is 1.47 bits per heavy atom. The molecule has 5 heteroatoms. The number of rotatable bonds is 6. The first-order valence-electron chi connectivity index (χ1n) is 6.20. The van der Waals surface area contributed by atoms with E-state index in [0.29, 0.717) is 6.42 Å². The van der Waals surface area contributed by atoms with Crippen molar-refractivity contribution in [3.8, 4) is 0 Å². The van der Waals surface area contributed by atoms with E-state index >= 15 is 0 Å². The number of ether oxygens (including phenoxy) is 1. The van der Waals surface area contributed by atoms with Crippen LogP contribution in [0.25, 0.3) is 0 Å². The Morgan fingerprint density at radius 2 is 2.18 bits per heavy atom. The number of carbonyl (C=O) groups excluding carboxylic acids is 1. The van der Waals surface area contributed by atoms with Crippen molar-refractivity contribution >= 4 is 11.9 Å². The monoisotopic (exact) mass is 243 g/mol. The Hall–Kier alpha value is -1.10. The molecule has 0 bridgehead atoms. The molecular weight excluding hydrogens is 222 g/mol. The van der Waals surface area contributed by atoms with Crippen LogP contribution in [0.4, 0.5) is 0 Å². The highest BCUT2D eigenvalue weighted by Gasteiger charge is 2.29. The molecule has 98 valence electrons. The molecule has 17 heavy (non-hydrogen) atoms. The van der Waals surface area contributed by atoms with Gasteiger partial charge >= 0.3 is 5.97 Å². The summed E-state index contributed by atoms with van der Waals surface area (Å²) in [5, 5.41) is 11.5. The number of aliphatic carboxylic acids is 1. The number of carbonyl (C=O) groups is 2. The number of nitrogens with one attached hydrogen (secondary N) is 1. The van der Waals surface area contributed by atoms with Gasteiger partial charge in [-0.3, -0.25) is 9.59 Å². The molecule has 0 aromatic rings. The van der Waals surface area contributed by atoms with Crippen molar-refractivity contribution in [3.63, 3.8) is 0 Å². The van der Waals surface area contributed by atoms with Gasteiger partial charge in [0.1, 0.15) is 6.10 Å². The highest BCUT2D eigenvalue weighted by molar-refractivity contribution is 5.82.